The lowest BCUT2D eigenvalue weighted by molar-refractivity contribution is -0.139. The molecule has 2 aromatic rings. The smallest absolute Gasteiger partial charge is 0.225 e. The predicted molar refractivity (Wildman–Crippen MR) is 90.9 cm³/mol. The lowest BCUT2D eigenvalue weighted by Gasteiger charge is -2.39. The summed E-state index contributed by atoms with van der Waals surface area (Å²) in [4.78, 5) is 21.2. The van der Waals surface area contributed by atoms with Crippen LogP contribution < -0.4 is 4.90 Å². The number of hydrogen-bond acceptors (Lipinski definition) is 5. The maximum Gasteiger partial charge on any atom is 0.225 e. The van der Waals surface area contributed by atoms with Gasteiger partial charge in [-0.1, -0.05) is 6.42 Å². The Labute approximate surface area is 141 Å². The molecule has 0 unspecified atom stereocenters. The van der Waals surface area contributed by atoms with Crippen LogP contribution in [0.5, 0.6) is 0 Å². The SMILES string of the molecule is Cc1nnc2c(N3CCC(N(C)C(=O)C4CCC4)CC3)nccn12. The second-order valence-corrected chi connectivity index (χ2v) is 6.99. The Kier molecular flexibility index (Phi) is 3.86. The molecule has 1 amide bonds. The van der Waals surface area contributed by atoms with E-state index in [1.807, 2.05) is 29.5 Å². The molecular formula is C17H24N6O. The standard InChI is InChI=1S/C17H24N6O/c1-12-19-20-16-15(18-8-11-23(12)16)22-9-6-14(7-10-22)21(2)17(24)13-4-3-5-13/h8,11,13-14H,3-7,9-10H2,1-2H3. The molecule has 0 radical (unpaired) electrons. The first-order valence-electron chi connectivity index (χ1n) is 8.83. The maximum absolute atomic E-state index is 12.4. The molecule has 2 aliphatic rings. The number of fused-ring (bicyclic) bond motifs is 1. The summed E-state index contributed by atoms with van der Waals surface area (Å²) < 4.78 is 1.97. The summed E-state index contributed by atoms with van der Waals surface area (Å²) >= 11 is 0. The van der Waals surface area contributed by atoms with Crippen LogP contribution in [0.15, 0.2) is 12.4 Å². The molecule has 2 fully saturated rings. The number of carbonyl (C=O) groups is 1. The van der Waals surface area contributed by atoms with E-state index in [-0.39, 0.29) is 5.92 Å². The van der Waals surface area contributed by atoms with Gasteiger partial charge in [0, 0.05) is 44.5 Å². The van der Waals surface area contributed by atoms with Crippen molar-refractivity contribution in [3.05, 3.63) is 18.2 Å². The second-order valence-electron chi connectivity index (χ2n) is 6.99. The fourth-order valence-electron chi connectivity index (χ4n) is 3.74. The average molecular weight is 328 g/mol. The Morgan fingerprint density at radius 1 is 1.21 bits per heavy atom. The fourth-order valence-corrected chi connectivity index (χ4v) is 3.74. The fraction of sp³-hybridized carbons (Fsp3) is 0.647. The Morgan fingerprint density at radius 3 is 2.62 bits per heavy atom. The largest absolute Gasteiger partial charge is 0.353 e. The molecule has 1 aliphatic carbocycles. The Hall–Kier alpha value is -2.18. The molecule has 3 heterocycles. The number of aromatic nitrogens is 4. The van der Waals surface area contributed by atoms with Gasteiger partial charge in [0.15, 0.2) is 5.82 Å². The Bertz CT molecular complexity index is 745. The van der Waals surface area contributed by atoms with Crippen molar-refractivity contribution in [2.24, 2.45) is 5.92 Å². The minimum absolute atomic E-state index is 0.280. The number of aryl methyl sites for hydroxylation is 1. The molecule has 1 saturated heterocycles. The van der Waals surface area contributed by atoms with Crippen molar-refractivity contribution < 1.29 is 4.79 Å². The average Bonchev–Trinajstić information content (AvgIpc) is 2.94. The highest BCUT2D eigenvalue weighted by Gasteiger charge is 2.33. The summed E-state index contributed by atoms with van der Waals surface area (Å²) in [6.45, 7) is 3.73. The molecule has 1 aliphatic heterocycles. The van der Waals surface area contributed by atoms with Gasteiger partial charge in [0.2, 0.25) is 11.6 Å². The zero-order chi connectivity index (χ0) is 16.7. The van der Waals surface area contributed by atoms with E-state index in [1.54, 1.807) is 6.20 Å². The van der Waals surface area contributed by atoms with E-state index in [4.69, 9.17) is 0 Å². The lowest BCUT2D eigenvalue weighted by atomic mass is 9.84. The van der Waals surface area contributed by atoms with Gasteiger partial charge in [-0.2, -0.15) is 0 Å². The van der Waals surface area contributed by atoms with Gasteiger partial charge in [-0.25, -0.2) is 4.98 Å². The van der Waals surface area contributed by atoms with E-state index >= 15 is 0 Å². The first-order valence-corrected chi connectivity index (χ1v) is 8.83. The number of anilines is 1. The third kappa shape index (κ3) is 2.52. The van der Waals surface area contributed by atoms with Crippen LogP contribution in [0.2, 0.25) is 0 Å². The quantitative estimate of drug-likeness (QED) is 0.857. The van der Waals surface area contributed by atoms with Crippen LogP contribution in [0.1, 0.15) is 37.9 Å². The highest BCUT2D eigenvalue weighted by molar-refractivity contribution is 5.79. The molecule has 0 spiro atoms. The first kappa shape index (κ1) is 15.4. The summed E-state index contributed by atoms with van der Waals surface area (Å²) in [5.74, 6) is 2.38. The summed E-state index contributed by atoms with van der Waals surface area (Å²) in [7, 11) is 1.97. The van der Waals surface area contributed by atoms with Gasteiger partial charge in [0.25, 0.3) is 0 Å². The third-order valence-electron chi connectivity index (χ3n) is 5.59. The molecule has 128 valence electrons. The van der Waals surface area contributed by atoms with Crippen molar-refractivity contribution >= 4 is 17.4 Å². The topological polar surface area (TPSA) is 66.6 Å². The summed E-state index contributed by atoms with van der Waals surface area (Å²) in [5, 5.41) is 8.41. The normalized spacial score (nSPS) is 19.5. The van der Waals surface area contributed by atoms with E-state index in [1.165, 1.54) is 6.42 Å². The maximum atomic E-state index is 12.4. The van der Waals surface area contributed by atoms with Gasteiger partial charge in [-0.3, -0.25) is 9.20 Å². The van der Waals surface area contributed by atoms with Crippen molar-refractivity contribution in [2.45, 2.75) is 45.1 Å². The highest BCUT2D eigenvalue weighted by atomic mass is 16.2. The highest BCUT2D eigenvalue weighted by Crippen LogP contribution is 2.30. The summed E-state index contributed by atoms with van der Waals surface area (Å²) in [6, 6.07) is 0.341. The zero-order valence-electron chi connectivity index (χ0n) is 14.4. The van der Waals surface area contributed by atoms with E-state index in [0.29, 0.717) is 11.9 Å². The van der Waals surface area contributed by atoms with Crippen LogP contribution in [0, 0.1) is 12.8 Å². The molecule has 0 aromatic carbocycles. The van der Waals surface area contributed by atoms with Crippen LogP contribution in [0.25, 0.3) is 5.65 Å². The second kappa shape index (κ2) is 6.03. The van der Waals surface area contributed by atoms with Crippen LogP contribution >= 0.6 is 0 Å². The lowest BCUT2D eigenvalue weighted by Crippen LogP contribution is -2.48. The van der Waals surface area contributed by atoms with Gasteiger partial charge in [-0.05, 0) is 32.6 Å². The summed E-state index contributed by atoms with van der Waals surface area (Å²) in [5.41, 5.74) is 0.812. The van der Waals surface area contributed by atoms with Crippen molar-refractivity contribution in [3.8, 4) is 0 Å². The molecule has 0 bridgehead atoms. The molecule has 24 heavy (non-hydrogen) atoms. The van der Waals surface area contributed by atoms with Crippen LogP contribution in [-0.2, 0) is 4.79 Å². The number of carbonyl (C=O) groups excluding carboxylic acids is 1. The molecular weight excluding hydrogens is 304 g/mol. The predicted octanol–water partition coefficient (Wildman–Crippen LogP) is 1.66. The molecule has 0 atom stereocenters. The van der Waals surface area contributed by atoms with Gasteiger partial charge in [0.1, 0.15) is 5.82 Å². The molecule has 4 rings (SSSR count). The number of rotatable bonds is 3. The van der Waals surface area contributed by atoms with Crippen LogP contribution in [-0.4, -0.2) is 56.6 Å². The minimum Gasteiger partial charge on any atom is -0.353 e. The van der Waals surface area contributed by atoms with Crippen LogP contribution in [0.3, 0.4) is 0 Å². The molecule has 7 heteroatoms. The molecule has 7 nitrogen and oxygen atoms in total. The monoisotopic (exact) mass is 328 g/mol. The molecule has 0 N–H and O–H groups in total. The Balaban J connectivity index is 1.44. The van der Waals surface area contributed by atoms with E-state index in [9.17, 15) is 4.79 Å². The van der Waals surface area contributed by atoms with Gasteiger partial charge < -0.3 is 9.80 Å². The number of nitrogens with zero attached hydrogens (tertiary/aromatic N) is 6. The Morgan fingerprint density at radius 2 is 1.96 bits per heavy atom. The summed E-state index contributed by atoms with van der Waals surface area (Å²) in [6.07, 6.45) is 9.00. The van der Waals surface area contributed by atoms with Gasteiger partial charge in [-0.15, -0.1) is 10.2 Å². The van der Waals surface area contributed by atoms with Crippen molar-refractivity contribution in [3.63, 3.8) is 0 Å². The van der Waals surface area contributed by atoms with E-state index in [2.05, 4.69) is 20.1 Å². The zero-order valence-corrected chi connectivity index (χ0v) is 14.4. The minimum atomic E-state index is 0.280. The van der Waals surface area contributed by atoms with Crippen molar-refractivity contribution in [1.82, 2.24) is 24.5 Å². The van der Waals surface area contributed by atoms with Crippen LogP contribution in [0.4, 0.5) is 5.82 Å². The van der Waals surface area contributed by atoms with Gasteiger partial charge in [0.05, 0.1) is 0 Å². The van der Waals surface area contributed by atoms with E-state index < -0.39 is 0 Å². The third-order valence-corrected chi connectivity index (χ3v) is 5.59. The first-order chi connectivity index (χ1) is 11.6. The van der Waals surface area contributed by atoms with Crippen molar-refractivity contribution in [2.75, 3.05) is 25.0 Å². The van der Waals surface area contributed by atoms with Gasteiger partial charge >= 0.3 is 0 Å². The number of piperidine rings is 1. The van der Waals surface area contributed by atoms with Crippen molar-refractivity contribution in [1.29, 1.82) is 0 Å². The number of hydrogen-bond donors (Lipinski definition) is 0. The number of amides is 1. The molecule has 2 aromatic heterocycles. The molecule has 1 saturated carbocycles. The van der Waals surface area contributed by atoms with E-state index in [0.717, 1.165) is 56.1 Å².